The lowest BCUT2D eigenvalue weighted by atomic mass is 9.98. The van der Waals surface area contributed by atoms with Gasteiger partial charge >= 0.3 is 18.1 Å². The number of rotatable bonds is 12. The fourth-order valence-electron chi connectivity index (χ4n) is 4.88. The first-order valence-corrected chi connectivity index (χ1v) is 16.3. The summed E-state index contributed by atoms with van der Waals surface area (Å²) in [5.41, 5.74) is -0.00530. The molecule has 0 bridgehead atoms. The van der Waals surface area contributed by atoms with E-state index in [0.29, 0.717) is 29.7 Å². The van der Waals surface area contributed by atoms with E-state index in [9.17, 15) is 41.9 Å². The maximum Gasteiger partial charge on any atom is 0.417 e. The normalized spacial score (nSPS) is 14.9. The number of hydrogen-bond donors (Lipinski definition) is 2. The summed E-state index contributed by atoms with van der Waals surface area (Å²) >= 11 is 2.88. The van der Waals surface area contributed by atoms with Gasteiger partial charge in [-0.1, -0.05) is 22.0 Å². The number of amides is 3. The van der Waals surface area contributed by atoms with Gasteiger partial charge in [0, 0.05) is 65.7 Å². The Kier molecular flexibility index (Phi) is 14.2. The molecule has 0 saturated carbocycles. The van der Waals surface area contributed by atoms with Crippen molar-refractivity contribution in [2.75, 3.05) is 38.7 Å². The standard InChI is InChI=1S/C35H35BrF3N5O8/c1-5-15-40-34(41-28-19-44(21(2)17-24(28)20-45)33(51)23-8-11-27(36)26(18-23)35(37,38)39)42(3)25-9-6-22(7-10-25)32(50)43(4)29(46)14-16-52-31(49)13-12-30(47)48/h5-13,18,20-21H,1,14-17,19H2,2-4H3,(H,40,41)(H,47,48)/b13-12+/t21-/m1/s1. The number of benzene rings is 2. The van der Waals surface area contributed by atoms with Gasteiger partial charge in [0.2, 0.25) is 11.9 Å². The summed E-state index contributed by atoms with van der Waals surface area (Å²) in [7, 11) is 2.90. The molecule has 0 unspecified atom stereocenters. The van der Waals surface area contributed by atoms with Crippen LogP contribution in [0.15, 0.2) is 88.0 Å². The smallest absolute Gasteiger partial charge is 0.417 e. The van der Waals surface area contributed by atoms with Crippen LogP contribution < -0.4 is 10.2 Å². The highest BCUT2D eigenvalue weighted by molar-refractivity contribution is 9.10. The first-order chi connectivity index (χ1) is 24.5. The van der Waals surface area contributed by atoms with Crippen LogP contribution in [0.5, 0.6) is 0 Å². The van der Waals surface area contributed by atoms with Crippen molar-refractivity contribution in [2.24, 2.45) is 4.99 Å². The zero-order valence-corrected chi connectivity index (χ0v) is 29.9. The topological polar surface area (TPSA) is 166 Å². The number of hydrogen-bond acceptors (Lipinski definition) is 8. The first kappa shape index (κ1) is 40.8. The van der Waals surface area contributed by atoms with Crippen molar-refractivity contribution >= 4 is 63.5 Å². The summed E-state index contributed by atoms with van der Waals surface area (Å²) in [6.07, 6.45) is -1.46. The molecular formula is C35H35BrF3N5O8. The lowest BCUT2D eigenvalue weighted by molar-refractivity contribution is -0.140. The maximum atomic E-state index is 13.6. The second-order valence-corrected chi connectivity index (χ2v) is 12.2. The number of guanidine groups is 1. The third-order valence-corrected chi connectivity index (χ3v) is 8.42. The largest absolute Gasteiger partial charge is 0.478 e. The molecule has 2 N–H and O–H groups in total. The lowest BCUT2D eigenvalue weighted by Gasteiger charge is -2.35. The number of carboxylic acids is 1. The van der Waals surface area contributed by atoms with E-state index in [0.717, 1.165) is 17.0 Å². The van der Waals surface area contributed by atoms with Crippen LogP contribution in [0.25, 0.3) is 0 Å². The zero-order chi connectivity index (χ0) is 38.7. The van der Waals surface area contributed by atoms with E-state index >= 15 is 0 Å². The molecule has 0 aromatic heterocycles. The Labute approximate surface area is 305 Å². The highest BCUT2D eigenvalue weighted by atomic mass is 79.9. The third kappa shape index (κ3) is 10.7. The predicted molar refractivity (Wildman–Crippen MR) is 187 cm³/mol. The average molecular weight is 791 g/mol. The summed E-state index contributed by atoms with van der Waals surface area (Å²) in [5, 5.41) is 11.6. The molecule has 1 aliphatic heterocycles. The van der Waals surface area contributed by atoms with Gasteiger partial charge in [0.1, 0.15) is 12.9 Å². The minimum absolute atomic E-state index is 0.0996. The first-order valence-electron chi connectivity index (χ1n) is 15.5. The number of ether oxygens (including phenoxy) is 1. The summed E-state index contributed by atoms with van der Waals surface area (Å²) in [5.74, 6) is -4.05. The van der Waals surface area contributed by atoms with Gasteiger partial charge in [0.05, 0.1) is 24.2 Å². The molecule has 1 aliphatic rings. The van der Waals surface area contributed by atoms with Crippen molar-refractivity contribution < 1.29 is 51.8 Å². The van der Waals surface area contributed by atoms with Gasteiger partial charge in [0.25, 0.3) is 11.8 Å². The van der Waals surface area contributed by atoms with Crippen LogP contribution in [0, 0.1) is 0 Å². The van der Waals surface area contributed by atoms with E-state index < -0.39 is 47.4 Å². The van der Waals surface area contributed by atoms with Crippen molar-refractivity contribution in [3.8, 4) is 0 Å². The van der Waals surface area contributed by atoms with Crippen molar-refractivity contribution in [3.05, 3.63) is 99.7 Å². The van der Waals surface area contributed by atoms with Crippen molar-refractivity contribution in [2.45, 2.75) is 32.0 Å². The molecule has 52 heavy (non-hydrogen) atoms. The maximum absolute atomic E-state index is 13.6. The van der Waals surface area contributed by atoms with Gasteiger partial charge in [-0.2, -0.15) is 13.2 Å². The Morgan fingerprint density at radius 2 is 1.75 bits per heavy atom. The number of nitrogens with one attached hydrogen (secondary N) is 1. The summed E-state index contributed by atoms with van der Waals surface area (Å²) in [6, 6.07) is 8.76. The second kappa shape index (κ2) is 18.1. The number of alkyl halides is 3. The highest BCUT2D eigenvalue weighted by Crippen LogP contribution is 2.36. The molecule has 0 aliphatic carbocycles. The summed E-state index contributed by atoms with van der Waals surface area (Å²) < 4.78 is 45.2. The SMILES string of the molecule is C=CCN/C(=N/C1=C(C=O)C[C@@H](C)N(C(=O)c2ccc(Br)c(C(F)(F)F)c2)C1)N(C)c1ccc(C(=O)N(C)C(=O)CCOC(=O)/C=C/C(=O)O)cc1. The molecule has 276 valence electrons. The number of imide groups is 1. The van der Waals surface area contributed by atoms with Crippen molar-refractivity contribution in [3.63, 3.8) is 0 Å². The van der Waals surface area contributed by atoms with Gasteiger partial charge in [-0.3, -0.25) is 24.1 Å². The van der Waals surface area contributed by atoms with Crippen molar-refractivity contribution in [1.82, 2.24) is 15.1 Å². The zero-order valence-electron chi connectivity index (χ0n) is 28.3. The molecule has 1 atom stereocenters. The van der Waals surface area contributed by atoms with E-state index in [1.54, 1.807) is 37.1 Å². The third-order valence-electron chi connectivity index (χ3n) is 7.73. The Hall–Kier alpha value is -5.58. The molecule has 3 rings (SSSR count). The molecule has 0 spiro atoms. The molecular weight excluding hydrogens is 755 g/mol. The Balaban J connectivity index is 1.81. The van der Waals surface area contributed by atoms with Gasteiger partial charge < -0.3 is 25.0 Å². The number of aliphatic carboxylic acids is 1. The quantitative estimate of drug-likeness (QED) is 0.0776. The lowest BCUT2D eigenvalue weighted by Crippen LogP contribution is -2.44. The monoisotopic (exact) mass is 789 g/mol. The van der Waals surface area contributed by atoms with E-state index in [1.807, 2.05) is 0 Å². The Morgan fingerprint density at radius 1 is 1.10 bits per heavy atom. The molecule has 2 aromatic carbocycles. The van der Waals surface area contributed by atoms with Crippen molar-refractivity contribution in [1.29, 1.82) is 0 Å². The van der Waals surface area contributed by atoms with Crippen LogP contribution in [-0.2, 0) is 30.1 Å². The van der Waals surface area contributed by atoms with E-state index in [2.05, 4.69) is 32.8 Å². The molecule has 0 fully saturated rings. The highest BCUT2D eigenvalue weighted by Gasteiger charge is 2.35. The van der Waals surface area contributed by atoms with Crippen LogP contribution in [0.2, 0.25) is 0 Å². The van der Waals surface area contributed by atoms with Crippen LogP contribution >= 0.6 is 15.9 Å². The fraction of sp³-hybridized carbons (Fsp3) is 0.286. The summed E-state index contributed by atoms with van der Waals surface area (Å²) in [4.78, 5) is 81.5. The molecule has 1 heterocycles. The van der Waals surface area contributed by atoms with Gasteiger partial charge in [-0.25, -0.2) is 14.6 Å². The van der Waals surface area contributed by atoms with Crippen LogP contribution in [0.4, 0.5) is 18.9 Å². The average Bonchev–Trinajstić information content (AvgIpc) is 3.11. The van der Waals surface area contributed by atoms with Crippen LogP contribution in [-0.4, -0.2) is 96.6 Å². The summed E-state index contributed by atoms with van der Waals surface area (Å²) in [6.45, 7) is 5.06. The number of carboxylic acid groups (broad SMARTS) is 1. The number of aldehydes is 1. The number of anilines is 1. The molecule has 13 nitrogen and oxygen atoms in total. The number of carbonyl (C=O) groups is 6. The molecule has 0 radical (unpaired) electrons. The minimum atomic E-state index is -4.69. The molecule has 3 amide bonds. The minimum Gasteiger partial charge on any atom is -0.478 e. The number of aliphatic imine (C=N–C) groups is 1. The molecule has 2 aromatic rings. The predicted octanol–water partition coefficient (Wildman–Crippen LogP) is 4.60. The second-order valence-electron chi connectivity index (χ2n) is 11.3. The van der Waals surface area contributed by atoms with E-state index in [4.69, 9.17) is 9.84 Å². The van der Waals surface area contributed by atoms with Gasteiger partial charge in [0.15, 0.2) is 0 Å². The fourth-order valence-corrected chi connectivity index (χ4v) is 5.35. The number of nitrogens with zero attached hydrogens (tertiary/aromatic N) is 4. The van der Waals surface area contributed by atoms with E-state index in [-0.39, 0.29) is 59.8 Å². The van der Waals surface area contributed by atoms with Gasteiger partial charge in [-0.15, -0.1) is 6.58 Å². The van der Waals surface area contributed by atoms with Crippen LogP contribution in [0.1, 0.15) is 46.0 Å². The van der Waals surface area contributed by atoms with Crippen LogP contribution in [0.3, 0.4) is 0 Å². The Bertz CT molecular complexity index is 1830. The number of halogens is 4. The number of carbonyl (C=O) groups excluding carboxylic acids is 5. The molecule has 17 heteroatoms. The van der Waals surface area contributed by atoms with E-state index in [1.165, 1.54) is 30.1 Å². The molecule has 0 saturated heterocycles. The number of esters is 1. The Morgan fingerprint density at radius 3 is 2.35 bits per heavy atom. The van der Waals surface area contributed by atoms with Gasteiger partial charge in [-0.05, 0) is 55.8 Å².